The molecule has 0 fully saturated rings. The molecule has 0 aliphatic rings. The molecule has 0 spiro atoms. The van der Waals surface area contributed by atoms with E-state index in [0.29, 0.717) is 5.69 Å². The van der Waals surface area contributed by atoms with Crippen LogP contribution in [0.4, 0.5) is 0 Å². The van der Waals surface area contributed by atoms with Crippen LogP contribution in [0.1, 0.15) is 18.7 Å². The second-order valence-corrected chi connectivity index (χ2v) is 4.43. The van der Waals surface area contributed by atoms with Crippen LogP contribution in [0, 0.1) is 0 Å². The number of esters is 1. The molecule has 7 heteroatoms. The van der Waals surface area contributed by atoms with Crippen molar-refractivity contribution in [3.05, 3.63) is 36.0 Å². The summed E-state index contributed by atoms with van der Waals surface area (Å²) >= 11 is 0. The van der Waals surface area contributed by atoms with E-state index in [1.54, 1.807) is 12.1 Å². The first-order valence-electron chi connectivity index (χ1n) is 6.20. The molecule has 3 N–H and O–H groups in total. The molecule has 2 rings (SSSR count). The molecule has 1 unspecified atom stereocenters. The Bertz CT molecular complexity index is 658. The number of carbonyl (C=O) groups is 3. The summed E-state index contributed by atoms with van der Waals surface area (Å²) < 4.78 is 4.52. The van der Waals surface area contributed by atoms with E-state index in [4.69, 9.17) is 0 Å². The topological polar surface area (TPSA) is 108 Å². The van der Waals surface area contributed by atoms with Gasteiger partial charge in [-0.3, -0.25) is 9.59 Å². The fraction of sp³-hybridized carbons (Fsp3) is 0.214. The summed E-state index contributed by atoms with van der Waals surface area (Å²) in [6, 6.07) is 7.70. The molecule has 1 amide bonds. The number of amides is 1. The standard InChI is InChI=1S/C14H14N2O5/c1-8(17)21-7-12(18)16-13(14(19)20)11-6-9-4-2-3-5-10(9)15-11/h2-6,13,15H,7H2,1H3,(H,16,18)(H,19,20). The molecule has 1 aromatic carbocycles. The van der Waals surface area contributed by atoms with Gasteiger partial charge in [-0.05, 0) is 17.5 Å². The zero-order valence-electron chi connectivity index (χ0n) is 11.3. The summed E-state index contributed by atoms with van der Waals surface area (Å²) in [4.78, 5) is 36.5. The predicted octanol–water partition coefficient (Wildman–Crippen LogP) is 0.973. The van der Waals surface area contributed by atoms with E-state index in [1.165, 1.54) is 6.92 Å². The van der Waals surface area contributed by atoms with E-state index in [2.05, 4.69) is 15.0 Å². The van der Waals surface area contributed by atoms with Gasteiger partial charge in [0.05, 0.1) is 5.69 Å². The molecule has 0 saturated heterocycles. The molecule has 0 aliphatic heterocycles. The average molecular weight is 290 g/mol. The van der Waals surface area contributed by atoms with Crippen LogP contribution in [-0.2, 0) is 19.1 Å². The molecule has 110 valence electrons. The molecule has 0 saturated carbocycles. The van der Waals surface area contributed by atoms with Crippen molar-refractivity contribution < 1.29 is 24.2 Å². The van der Waals surface area contributed by atoms with Crippen molar-refractivity contribution in [3.63, 3.8) is 0 Å². The summed E-state index contributed by atoms with van der Waals surface area (Å²) in [5.41, 5.74) is 1.12. The highest BCUT2D eigenvalue weighted by molar-refractivity contribution is 5.88. The molecule has 0 radical (unpaired) electrons. The smallest absolute Gasteiger partial charge is 0.332 e. The van der Waals surface area contributed by atoms with Gasteiger partial charge in [-0.2, -0.15) is 0 Å². The largest absolute Gasteiger partial charge is 0.479 e. The Morgan fingerprint density at radius 1 is 1.33 bits per heavy atom. The first-order chi connectivity index (χ1) is 9.97. The first kappa shape index (κ1) is 14.6. The number of benzene rings is 1. The highest BCUT2D eigenvalue weighted by atomic mass is 16.5. The molecular weight excluding hydrogens is 276 g/mol. The number of carboxylic acid groups (broad SMARTS) is 1. The Morgan fingerprint density at radius 2 is 2.05 bits per heavy atom. The number of ether oxygens (including phenoxy) is 1. The van der Waals surface area contributed by atoms with Crippen molar-refractivity contribution in [2.75, 3.05) is 6.61 Å². The van der Waals surface area contributed by atoms with E-state index in [9.17, 15) is 19.5 Å². The van der Waals surface area contributed by atoms with Crippen molar-refractivity contribution in [2.45, 2.75) is 13.0 Å². The van der Waals surface area contributed by atoms with Crippen LogP contribution in [0.3, 0.4) is 0 Å². The Hall–Kier alpha value is -2.83. The number of para-hydroxylation sites is 1. The molecule has 0 aliphatic carbocycles. The maximum atomic E-state index is 11.6. The van der Waals surface area contributed by atoms with Crippen LogP contribution in [-0.4, -0.2) is 34.5 Å². The fourth-order valence-corrected chi connectivity index (χ4v) is 1.89. The van der Waals surface area contributed by atoms with E-state index in [0.717, 1.165) is 10.9 Å². The number of carbonyl (C=O) groups excluding carboxylic acids is 2. The third kappa shape index (κ3) is 3.59. The molecule has 7 nitrogen and oxygen atoms in total. The van der Waals surface area contributed by atoms with Gasteiger partial charge in [0.1, 0.15) is 0 Å². The van der Waals surface area contributed by atoms with Gasteiger partial charge in [0.2, 0.25) is 0 Å². The number of aromatic nitrogens is 1. The van der Waals surface area contributed by atoms with Crippen molar-refractivity contribution in [3.8, 4) is 0 Å². The summed E-state index contributed by atoms with van der Waals surface area (Å²) in [6.45, 7) is 0.652. The van der Waals surface area contributed by atoms with Crippen molar-refractivity contribution in [2.24, 2.45) is 0 Å². The summed E-state index contributed by atoms with van der Waals surface area (Å²) in [6.07, 6.45) is 0. The zero-order valence-corrected chi connectivity index (χ0v) is 11.3. The van der Waals surface area contributed by atoms with Gasteiger partial charge in [-0.15, -0.1) is 0 Å². The molecular formula is C14H14N2O5. The van der Waals surface area contributed by atoms with E-state index in [1.807, 2.05) is 18.2 Å². The van der Waals surface area contributed by atoms with Crippen LogP contribution < -0.4 is 5.32 Å². The molecule has 1 heterocycles. The number of nitrogens with one attached hydrogen (secondary N) is 2. The maximum Gasteiger partial charge on any atom is 0.332 e. The Kier molecular flexibility index (Phi) is 4.22. The molecule has 2 aromatic rings. The summed E-state index contributed by atoms with van der Waals surface area (Å²) in [5.74, 6) is -2.50. The normalized spacial score (nSPS) is 11.9. The Morgan fingerprint density at radius 3 is 2.67 bits per heavy atom. The van der Waals surface area contributed by atoms with Crippen LogP contribution in [0.5, 0.6) is 0 Å². The number of hydrogen-bond acceptors (Lipinski definition) is 4. The van der Waals surface area contributed by atoms with Gasteiger partial charge in [0.25, 0.3) is 5.91 Å². The minimum atomic E-state index is -1.24. The van der Waals surface area contributed by atoms with Crippen LogP contribution in [0.25, 0.3) is 10.9 Å². The summed E-state index contributed by atoms with van der Waals surface area (Å²) in [5, 5.41) is 12.4. The maximum absolute atomic E-state index is 11.6. The van der Waals surface area contributed by atoms with E-state index in [-0.39, 0.29) is 0 Å². The lowest BCUT2D eigenvalue weighted by molar-refractivity contribution is -0.148. The lowest BCUT2D eigenvalue weighted by Gasteiger charge is -2.13. The Balaban J connectivity index is 2.17. The third-order valence-corrected chi connectivity index (χ3v) is 2.82. The lowest BCUT2D eigenvalue weighted by atomic mass is 10.2. The van der Waals surface area contributed by atoms with Crippen molar-refractivity contribution >= 4 is 28.7 Å². The van der Waals surface area contributed by atoms with Gasteiger partial charge in [-0.1, -0.05) is 18.2 Å². The fourth-order valence-electron chi connectivity index (χ4n) is 1.89. The van der Waals surface area contributed by atoms with Gasteiger partial charge in [-0.25, -0.2) is 4.79 Å². The average Bonchev–Trinajstić information content (AvgIpc) is 2.85. The van der Waals surface area contributed by atoms with E-state index >= 15 is 0 Å². The van der Waals surface area contributed by atoms with Crippen molar-refractivity contribution in [1.82, 2.24) is 10.3 Å². The van der Waals surface area contributed by atoms with Crippen LogP contribution in [0.2, 0.25) is 0 Å². The van der Waals surface area contributed by atoms with Gasteiger partial charge in [0, 0.05) is 12.4 Å². The monoisotopic (exact) mass is 290 g/mol. The molecule has 0 bridgehead atoms. The number of H-pyrrole nitrogens is 1. The van der Waals surface area contributed by atoms with Crippen molar-refractivity contribution in [1.29, 1.82) is 0 Å². The molecule has 1 aromatic heterocycles. The van der Waals surface area contributed by atoms with Gasteiger partial charge < -0.3 is 20.1 Å². The lowest BCUT2D eigenvalue weighted by Crippen LogP contribution is -2.36. The molecule has 21 heavy (non-hydrogen) atoms. The predicted molar refractivity (Wildman–Crippen MR) is 73.5 cm³/mol. The number of rotatable bonds is 5. The zero-order chi connectivity index (χ0) is 15.4. The van der Waals surface area contributed by atoms with Gasteiger partial charge >= 0.3 is 11.9 Å². The summed E-state index contributed by atoms with van der Waals surface area (Å²) in [7, 11) is 0. The van der Waals surface area contributed by atoms with E-state index < -0.39 is 30.5 Å². The number of aromatic amines is 1. The van der Waals surface area contributed by atoms with Crippen LogP contribution >= 0.6 is 0 Å². The minimum Gasteiger partial charge on any atom is -0.479 e. The SMILES string of the molecule is CC(=O)OCC(=O)NC(C(=O)O)c1cc2ccccc2[nH]1. The second kappa shape index (κ2) is 6.08. The Labute approximate surface area is 119 Å². The highest BCUT2D eigenvalue weighted by Crippen LogP contribution is 2.20. The first-order valence-corrected chi connectivity index (χ1v) is 6.20. The number of aliphatic carboxylic acids is 1. The van der Waals surface area contributed by atoms with Crippen LogP contribution in [0.15, 0.2) is 30.3 Å². The van der Waals surface area contributed by atoms with Gasteiger partial charge in [0.15, 0.2) is 12.6 Å². The minimum absolute atomic E-state index is 0.347. The quantitative estimate of drug-likeness (QED) is 0.711. The number of carboxylic acids is 1. The molecule has 1 atom stereocenters. The highest BCUT2D eigenvalue weighted by Gasteiger charge is 2.24. The third-order valence-electron chi connectivity index (χ3n) is 2.82. The number of fused-ring (bicyclic) bond motifs is 1. The second-order valence-electron chi connectivity index (χ2n) is 4.43. The number of hydrogen-bond donors (Lipinski definition) is 3.